The van der Waals surface area contributed by atoms with E-state index >= 15 is 0 Å². The molecule has 1 aromatic heterocycles. The number of nitrogens with two attached hydrogens (primary N) is 1. The van der Waals surface area contributed by atoms with Crippen LogP contribution in [-0.2, 0) is 0 Å². The van der Waals surface area contributed by atoms with Gasteiger partial charge in [0.15, 0.2) is 11.6 Å². The molecule has 3 N–H and O–H groups in total. The van der Waals surface area contributed by atoms with Crippen molar-refractivity contribution in [1.29, 1.82) is 0 Å². The number of fused-ring (bicyclic) bond motifs is 1. The lowest BCUT2D eigenvalue weighted by Crippen LogP contribution is -2.03. The molecular weight excluding hydrogens is 364 g/mol. The lowest BCUT2D eigenvalue weighted by atomic mass is 10.2. The Morgan fingerprint density at radius 3 is 1.86 bits per heavy atom. The van der Waals surface area contributed by atoms with Crippen molar-refractivity contribution in [3.05, 3.63) is 84.4 Å². The molecule has 0 fully saturated rings. The first-order chi connectivity index (χ1) is 13.6. The summed E-state index contributed by atoms with van der Waals surface area (Å²) in [5.74, 6) is 0.995. The van der Waals surface area contributed by atoms with Gasteiger partial charge in [-0.25, -0.2) is 9.97 Å². The lowest BCUT2D eigenvalue weighted by molar-refractivity contribution is 1.28. The normalized spacial score (nSPS) is 9.57. The van der Waals surface area contributed by atoms with Gasteiger partial charge in [0.1, 0.15) is 0 Å². The van der Waals surface area contributed by atoms with Crippen LogP contribution < -0.4 is 11.1 Å². The molecule has 0 saturated heterocycles. The van der Waals surface area contributed by atoms with Crippen molar-refractivity contribution in [2.45, 2.75) is 25.7 Å². The summed E-state index contributed by atoms with van der Waals surface area (Å²) >= 11 is 4.08. The summed E-state index contributed by atoms with van der Waals surface area (Å²) in [6.07, 6.45) is 0. The lowest BCUT2D eigenvalue weighted by Gasteiger charge is -2.10. The van der Waals surface area contributed by atoms with E-state index in [0.717, 1.165) is 27.2 Å². The van der Waals surface area contributed by atoms with Gasteiger partial charge in [0.2, 0.25) is 0 Å². The van der Waals surface area contributed by atoms with Gasteiger partial charge in [0.05, 0.1) is 11.0 Å². The summed E-state index contributed by atoms with van der Waals surface area (Å²) in [5, 5.41) is 3.23. The smallest absolute Gasteiger partial charge is 0.174 e. The van der Waals surface area contributed by atoms with Gasteiger partial charge in [0, 0.05) is 10.6 Å². The Morgan fingerprint density at radius 1 is 0.750 bits per heavy atom. The van der Waals surface area contributed by atoms with Crippen LogP contribution in [0.2, 0.25) is 0 Å². The van der Waals surface area contributed by atoms with Crippen molar-refractivity contribution in [3.63, 3.8) is 0 Å². The third kappa shape index (κ3) is 5.99. The van der Waals surface area contributed by atoms with E-state index in [1.54, 1.807) is 0 Å². The van der Waals surface area contributed by atoms with E-state index in [1.165, 1.54) is 0 Å². The minimum Gasteiger partial charge on any atom is -0.381 e. The Bertz CT molecular complexity index is 1000. The maximum absolute atomic E-state index is 5.95. The first-order valence-electron chi connectivity index (χ1n) is 9.22. The number of benzene rings is 3. The van der Waals surface area contributed by atoms with Crippen molar-refractivity contribution in [2.75, 3.05) is 11.1 Å². The van der Waals surface area contributed by atoms with Gasteiger partial charge in [-0.2, -0.15) is 0 Å². The molecule has 4 rings (SSSR count). The molecule has 0 spiro atoms. The second-order valence-electron chi connectivity index (χ2n) is 5.72. The molecule has 0 aliphatic rings. The number of aryl methyl sites for hydroxylation is 1. The molecule has 0 aliphatic heterocycles. The second kappa shape index (κ2) is 10.9. The number of aromatic nitrogens is 2. The third-order valence-electron chi connectivity index (χ3n) is 3.75. The molecule has 0 atom stereocenters. The van der Waals surface area contributed by atoms with Gasteiger partial charge in [-0.1, -0.05) is 62.4 Å². The maximum atomic E-state index is 5.95. The molecule has 5 heteroatoms. The van der Waals surface area contributed by atoms with Crippen molar-refractivity contribution < 1.29 is 0 Å². The minimum absolute atomic E-state index is 0.405. The van der Waals surface area contributed by atoms with Crippen molar-refractivity contribution in [3.8, 4) is 0 Å². The molecular formula is C23H26N4S. The molecule has 0 saturated carbocycles. The van der Waals surface area contributed by atoms with E-state index in [9.17, 15) is 0 Å². The molecule has 0 unspecified atom stereocenters. The van der Waals surface area contributed by atoms with E-state index < -0.39 is 0 Å². The molecule has 3 aromatic carbocycles. The van der Waals surface area contributed by atoms with Gasteiger partial charge in [-0.3, -0.25) is 0 Å². The van der Waals surface area contributed by atoms with Crippen LogP contribution in [-0.4, -0.2) is 9.97 Å². The van der Waals surface area contributed by atoms with Crippen molar-refractivity contribution in [2.24, 2.45) is 0 Å². The highest BCUT2D eigenvalue weighted by Crippen LogP contribution is 2.24. The predicted octanol–water partition coefficient (Wildman–Crippen LogP) is 6.27. The largest absolute Gasteiger partial charge is 0.381 e. The zero-order valence-electron chi connectivity index (χ0n) is 16.4. The highest BCUT2D eigenvalue weighted by atomic mass is 32.1. The van der Waals surface area contributed by atoms with Crippen LogP contribution in [0, 0.1) is 6.92 Å². The van der Waals surface area contributed by atoms with Gasteiger partial charge in [-0.15, -0.1) is 12.6 Å². The van der Waals surface area contributed by atoms with Gasteiger partial charge >= 0.3 is 0 Å². The zero-order chi connectivity index (χ0) is 20.4. The van der Waals surface area contributed by atoms with Gasteiger partial charge in [-0.05, 0) is 42.8 Å². The molecule has 144 valence electrons. The first-order valence-corrected chi connectivity index (χ1v) is 9.67. The quantitative estimate of drug-likeness (QED) is 0.353. The number of hydrogen-bond donors (Lipinski definition) is 3. The van der Waals surface area contributed by atoms with E-state index in [0.29, 0.717) is 11.6 Å². The number of para-hydroxylation sites is 3. The Morgan fingerprint density at radius 2 is 1.29 bits per heavy atom. The number of anilines is 3. The van der Waals surface area contributed by atoms with Crippen LogP contribution in [0.1, 0.15) is 19.4 Å². The summed E-state index contributed by atoms with van der Waals surface area (Å²) in [6.45, 7) is 6.03. The topological polar surface area (TPSA) is 63.8 Å². The van der Waals surface area contributed by atoms with Crippen LogP contribution in [0.15, 0.2) is 83.8 Å². The Kier molecular flexibility index (Phi) is 8.31. The number of thiol groups is 1. The summed E-state index contributed by atoms with van der Waals surface area (Å²) in [7, 11) is 0. The average Bonchev–Trinajstić information content (AvgIpc) is 2.73. The molecule has 4 nitrogen and oxygen atoms in total. The molecule has 4 aromatic rings. The van der Waals surface area contributed by atoms with Crippen LogP contribution in [0.4, 0.5) is 17.3 Å². The molecule has 0 bridgehead atoms. The fraction of sp³-hybridized carbons (Fsp3) is 0.130. The SMILES string of the molecule is CC.Cc1ccccc1Nc1nc2ccccc2nc1N.Sc1ccccc1. The molecule has 1 heterocycles. The summed E-state index contributed by atoms with van der Waals surface area (Å²) < 4.78 is 0. The molecule has 0 radical (unpaired) electrons. The van der Waals surface area contributed by atoms with Crippen LogP contribution in [0.3, 0.4) is 0 Å². The van der Waals surface area contributed by atoms with E-state index in [1.807, 2.05) is 99.6 Å². The van der Waals surface area contributed by atoms with E-state index in [2.05, 4.69) is 27.9 Å². The number of nitrogens with one attached hydrogen (secondary N) is 1. The zero-order valence-corrected chi connectivity index (χ0v) is 17.3. The second-order valence-corrected chi connectivity index (χ2v) is 6.24. The van der Waals surface area contributed by atoms with Gasteiger partial charge < -0.3 is 11.1 Å². The summed E-state index contributed by atoms with van der Waals surface area (Å²) in [6, 6.07) is 25.5. The fourth-order valence-electron chi connectivity index (χ4n) is 2.37. The third-order valence-corrected chi connectivity index (χ3v) is 4.05. The van der Waals surface area contributed by atoms with Crippen LogP contribution in [0.25, 0.3) is 11.0 Å². The predicted molar refractivity (Wildman–Crippen MR) is 123 cm³/mol. The number of nitrogens with zero attached hydrogens (tertiary/aromatic N) is 2. The van der Waals surface area contributed by atoms with Crippen LogP contribution >= 0.6 is 12.6 Å². The average molecular weight is 391 g/mol. The van der Waals surface area contributed by atoms with Crippen molar-refractivity contribution >= 4 is 41.0 Å². The molecule has 0 aliphatic carbocycles. The van der Waals surface area contributed by atoms with E-state index in [-0.39, 0.29) is 0 Å². The van der Waals surface area contributed by atoms with Crippen molar-refractivity contribution in [1.82, 2.24) is 9.97 Å². The van der Waals surface area contributed by atoms with E-state index in [4.69, 9.17) is 5.73 Å². The first kappa shape index (κ1) is 21.3. The minimum atomic E-state index is 0.405. The highest BCUT2D eigenvalue weighted by Gasteiger charge is 2.06. The summed E-state index contributed by atoms with van der Waals surface area (Å²) in [4.78, 5) is 9.88. The standard InChI is InChI=1S/C15H14N4.C6H6S.C2H6/c1-10-6-2-3-7-11(10)18-15-14(16)17-12-8-4-5-9-13(12)19-15;7-6-4-2-1-3-5-6;1-2/h2-9H,1H3,(H2,16,17)(H,18,19);1-5,7H;1-2H3. The monoisotopic (exact) mass is 390 g/mol. The fourth-order valence-corrected chi connectivity index (χ4v) is 2.55. The molecule has 28 heavy (non-hydrogen) atoms. The highest BCUT2D eigenvalue weighted by molar-refractivity contribution is 7.80. The maximum Gasteiger partial charge on any atom is 0.174 e. The number of hydrogen-bond acceptors (Lipinski definition) is 5. The Balaban J connectivity index is 0.000000261. The Labute approximate surface area is 172 Å². The summed E-state index contributed by atoms with van der Waals surface area (Å²) in [5.41, 5.74) is 9.70. The Hall–Kier alpha value is -3.05. The molecule has 0 amide bonds. The number of nitrogen functional groups attached to an aromatic ring is 1. The van der Waals surface area contributed by atoms with Gasteiger partial charge in [0.25, 0.3) is 0 Å². The van der Waals surface area contributed by atoms with Crippen LogP contribution in [0.5, 0.6) is 0 Å². The number of rotatable bonds is 2.